The van der Waals surface area contributed by atoms with Crippen molar-refractivity contribution in [3.8, 4) is 0 Å². The summed E-state index contributed by atoms with van der Waals surface area (Å²) in [6.45, 7) is 8.56. The molecule has 0 aromatic heterocycles. The van der Waals surface area contributed by atoms with Gasteiger partial charge >= 0.3 is 0 Å². The number of hydrogen-bond donors (Lipinski definition) is 2. The van der Waals surface area contributed by atoms with Crippen LogP contribution in [0.3, 0.4) is 0 Å². The smallest absolute Gasteiger partial charge is 0.191 e. The molecule has 8 heteroatoms. The first kappa shape index (κ1) is 22.4. The van der Waals surface area contributed by atoms with E-state index in [1.54, 1.807) is 13.2 Å². The molecule has 1 fully saturated rings. The van der Waals surface area contributed by atoms with E-state index in [-0.39, 0.29) is 5.82 Å². The lowest BCUT2D eigenvalue weighted by molar-refractivity contribution is 0.0698. The average Bonchev–Trinajstić information content (AvgIpc) is 2.72. The number of halogens is 1. The Labute approximate surface area is 167 Å². The van der Waals surface area contributed by atoms with Gasteiger partial charge in [-0.3, -0.25) is 0 Å². The van der Waals surface area contributed by atoms with E-state index >= 15 is 0 Å². The Kier molecular flexibility index (Phi) is 10.6. The number of aliphatic imine (C=N–C) groups is 1. The van der Waals surface area contributed by atoms with Crippen molar-refractivity contribution in [2.45, 2.75) is 19.9 Å². The lowest BCUT2D eigenvalue weighted by Crippen LogP contribution is -2.38. The normalized spacial score (nSPS) is 15.0. The lowest BCUT2D eigenvalue weighted by Gasteiger charge is -2.29. The van der Waals surface area contributed by atoms with Crippen LogP contribution in [0.5, 0.6) is 0 Å². The highest BCUT2D eigenvalue weighted by Crippen LogP contribution is 2.21. The summed E-state index contributed by atoms with van der Waals surface area (Å²) in [6, 6.07) is 5.34. The SMILES string of the molecule is CCNC(=NCc1ccc(N2CCOCC2)c(F)c1)NCCCOCCOC. The zero-order valence-corrected chi connectivity index (χ0v) is 17.0. The highest BCUT2D eigenvalue weighted by molar-refractivity contribution is 5.79. The second kappa shape index (κ2) is 13.3. The second-order valence-corrected chi connectivity index (χ2v) is 6.47. The van der Waals surface area contributed by atoms with Crippen LogP contribution in [0.25, 0.3) is 0 Å². The molecule has 1 aliphatic heterocycles. The minimum atomic E-state index is -0.208. The predicted octanol–water partition coefficient (Wildman–Crippen LogP) is 1.77. The van der Waals surface area contributed by atoms with E-state index < -0.39 is 0 Å². The van der Waals surface area contributed by atoms with E-state index in [1.807, 2.05) is 24.0 Å². The highest BCUT2D eigenvalue weighted by atomic mass is 19.1. The molecule has 0 bridgehead atoms. The average molecular weight is 397 g/mol. The van der Waals surface area contributed by atoms with E-state index in [1.165, 1.54) is 0 Å². The highest BCUT2D eigenvalue weighted by Gasteiger charge is 2.15. The molecule has 158 valence electrons. The van der Waals surface area contributed by atoms with Crippen LogP contribution in [0.1, 0.15) is 18.9 Å². The Morgan fingerprint density at radius 3 is 2.75 bits per heavy atom. The summed E-state index contributed by atoms with van der Waals surface area (Å²) < 4.78 is 30.2. The molecule has 1 aromatic carbocycles. The van der Waals surface area contributed by atoms with Gasteiger partial charge in [-0.05, 0) is 31.0 Å². The van der Waals surface area contributed by atoms with Crippen LogP contribution in [0.2, 0.25) is 0 Å². The zero-order valence-electron chi connectivity index (χ0n) is 17.0. The minimum absolute atomic E-state index is 0.208. The van der Waals surface area contributed by atoms with Crippen molar-refractivity contribution >= 4 is 11.6 Å². The van der Waals surface area contributed by atoms with E-state index in [0.717, 1.165) is 44.1 Å². The van der Waals surface area contributed by atoms with Crippen molar-refractivity contribution in [2.75, 3.05) is 71.2 Å². The summed E-state index contributed by atoms with van der Waals surface area (Å²) in [5.74, 6) is 0.512. The summed E-state index contributed by atoms with van der Waals surface area (Å²) in [4.78, 5) is 6.57. The molecular formula is C20H33FN4O3. The summed E-state index contributed by atoms with van der Waals surface area (Å²) in [5.41, 5.74) is 1.48. The van der Waals surface area contributed by atoms with Crippen molar-refractivity contribution in [1.29, 1.82) is 0 Å². The number of morpholine rings is 1. The number of benzene rings is 1. The van der Waals surface area contributed by atoms with Gasteiger partial charge in [0, 0.05) is 39.9 Å². The van der Waals surface area contributed by atoms with Gasteiger partial charge in [0.2, 0.25) is 0 Å². The second-order valence-electron chi connectivity index (χ2n) is 6.47. The topological polar surface area (TPSA) is 67.4 Å². The van der Waals surface area contributed by atoms with Crippen LogP contribution in [-0.4, -0.2) is 72.3 Å². The molecule has 0 unspecified atom stereocenters. The number of anilines is 1. The molecule has 0 spiro atoms. The van der Waals surface area contributed by atoms with Crippen LogP contribution in [-0.2, 0) is 20.8 Å². The summed E-state index contributed by atoms with van der Waals surface area (Å²) in [5, 5.41) is 6.48. The number of rotatable bonds is 11. The minimum Gasteiger partial charge on any atom is -0.382 e. The van der Waals surface area contributed by atoms with Crippen LogP contribution in [0.15, 0.2) is 23.2 Å². The third-order valence-electron chi connectivity index (χ3n) is 4.32. The quantitative estimate of drug-likeness (QED) is 0.338. The first-order valence-electron chi connectivity index (χ1n) is 9.94. The Balaban J connectivity index is 1.81. The maximum Gasteiger partial charge on any atom is 0.191 e. The molecule has 7 nitrogen and oxygen atoms in total. The number of methoxy groups -OCH3 is 1. The predicted molar refractivity (Wildman–Crippen MR) is 110 cm³/mol. The first-order chi connectivity index (χ1) is 13.7. The van der Waals surface area contributed by atoms with Gasteiger partial charge in [0.1, 0.15) is 5.82 Å². The van der Waals surface area contributed by atoms with E-state index in [9.17, 15) is 4.39 Å². The third-order valence-corrected chi connectivity index (χ3v) is 4.32. The van der Waals surface area contributed by atoms with Gasteiger partial charge in [-0.2, -0.15) is 0 Å². The van der Waals surface area contributed by atoms with E-state index in [0.29, 0.717) is 45.3 Å². The Bertz CT molecular complexity index is 595. The third kappa shape index (κ3) is 8.00. The Morgan fingerprint density at radius 1 is 1.21 bits per heavy atom. The molecule has 2 rings (SSSR count). The molecule has 1 aromatic rings. The number of hydrogen-bond acceptors (Lipinski definition) is 5. The molecule has 0 atom stereocenters. The largest absolute Gasteiger partial charge is 0.382 e. The van der Waals surface area contributed by atoms with Gasteiger partial charge in [-0.15, -0.1) is 0 Å². The van der Waals surface area contributed by atoms with Crippen molar-refractivity contribution in [3.05, 3.63) is 29.6 Å². The first-order valence-corrected chi connectivity index (χ1v) is 9.94. The van der Waals surface area contributed by atoms with Crippen LogP contribution in [0.4, 0.5) is 10.1 Å². The van der Waals surface area contributed by atoms with Crippen LogP contribution >= 0.6 is 0 Å². The maximum atomic E-state index is 14.5. The van der Waals surface area contributed by atoms with E-state index in [2.05, 4.69) is 15.6 Å². The molecular weight excluding hydrogens is 363 g/mol. The van der Waals surface area contributed by atoms with E-state index in [4.69, 9.17) is 14.2 Å². The zero-order chi connectivity index (χ0) is 20.0. The van der Waals surface area contributed by atoms with Crippen molar-refractivity contribution in [1.82, 2.24) is 10.6 Å². The molecule has 0 saturated carbocycles. The Morgan fingerprint density at radius 2 is 2.04 bits per heavy atom. The van der Waals surface area contributed by atoms with Gasteiger partial charge in [0.15, 0.2) is 5.96 Å². The summed E-state index contributed by atoms with van der Waals surface area (Å²) in [7, 11) is 1.66. The standard InChI is InChI=1S/C20H33FN4O3/c1-3-22-20(23-7-4-10-27-14-13-26-2)24-16-17-5-6-19(18(21)15-17)25-8-11-28-12-9-25/h5-6,15H,3-4,7-14,16H2,1-2H3,(H2,22,23,24). The fourth-order valence-corrected chi connectivity index (χ4v) is 2.85. The van der Waals surface area contributed by atoms with Gasteiger partial charge < -0.3 is 29.7 Å². The molecule has 1 saturated heterocycles. The van der Waals surface area contributed by atoms with Gasteiger partial charge in [0.05, 0.1) is 38.7 Å². The summed E-state index contributed by atoms with van der Waals surface area (Å²) >= 11 is 0. The van der Waals surface area contributed by atoms with Crippen molar-refractivity contribution in [2.24, 2.45) is 4.99 Å². The van der Waals surface area contributed by atoms with Gasteiger partial charge in [-0.1, -0.05) is 6.07 Å². The van der Waals surface area contributed by atoms with Crippen LogP contribution < -0.4 is 15.5 Å². The maximum absolute atomic E-state index is 14.5. The van der Waals surface area contributed by atoms with Gasteiger partial charge in [-0.25, -0.2) is 9.38 Å². The number of ether oxygens (including phenoxy) is 3. The lowest BCUT2D eigenvalue weighted by atomic mass is 10.1. The van der Waals surface area contributed by atoms with Gasteiger partial charge in [0.25, 0.3) is 0 Å². The Hall–Kier alpha value is -1.90. The summed E-state index contributed by atoms with van der Waals surface area (Å²) in [6.07, 6.45) is 0.872. The van der Waals surface area contributed by atoms with Crippen molar-refractivity contribution in [3.63, 3.8) is 0 Å². The molecule has 28 heavy (non-hydrogen) atoms. The number of guanidine groups is 1. The molecule has 0 amide bonds. The number of nitrogens with zero attached hydrogens (tertiary/aromatic N) is 2. The van der Waals surface area contributed by atoms with Crippen molar-refractivity contribution < 1.29 is 18.6 Å². The molecule has 2 N–H and O–H groups in total. The molecule has 1 heterocycles. The molecule has 0 aliphatic carbocycles. The monoisotopic (exact) mass is 396 g/mol. The fraction of sp³-hybridized carbons (Fsp3) is 0.650. The number of nitrogens with one attached hydrogen (secondary N) is 2. The molecule has 0 radical (unpaired) electrons. The van der Waals surface area contributed by atoms with Crippen LogP contribution in [0, 0.1) is 5.82 Å². The fourth-order valence-electron chi connectivity index (χ4n) is 2.85. The molecule has 1 aliphatic rings.